The van der Waals surface area contributed by atoms with Crippen molar-refractivity contribution in [1.82, 2.24) is 10.2 Å². The van der Waals surface area contributed by atoms with Crippen LogP contribution in [-0.4, -0.2) is 44.1 Å². The van der Waals surface area contributed by atoms with E-state index in [0.717, 1.165) is 5.56 Å². The first-order chi connectivity index (χ1) is 12.4. The molecule has 26 heavy (non-hydrogen) atoms. The molecule has 7 heteroatoms. The summed E-state index contributed by atoms with van der Waals surface area (Å²) < 4.78 is 18.2. The number of nitrogens with one attached hydrogen (secondary N) is 2. The van der Waals surface area contributed by atoms with Crippen molar-refractivity contribution in [2.45, 2.75) is 6.42 Å². The van der Waals surface area contributed by atoms with E-state index < -0.39 is 0 Å². The zero-order chi connectivity index (χ0) is 18.9. The van der Waals surface area contributed by atoms with Crippen molar-refractivity contribution in [3.8, 4) is 5.75 Å². The molecule has 6 nitrogen and oxygen atoms in total. The maximum absolute atomic E-state index is 12.8. The number of urea groups is 1. The highest BCUT2D eigenvalue weighted by atomic mass is 19.1. The second kappa shape index (κ2) is 9.41. The molecule has 0 aliphatic heterocycles. The highest BCUT2D eigenvalue weighted by molar-refractivity contribution is 5.89. The largest absolute Gasteiger partial charge is 0.484 e. The molecule has 0 spiro atoms. The molecule has 2 aromatic rings. The van der Waals surface area contributed by atoms with Crippen molar-refractivity contribution in [3.05, 3.63) is 59.9 Å². The molecule has 0 atom stereocenters. The molecule has 0 heterocycles. The third kappa shape index (κ3) is 6.43. The maximum Gasteiger partial charge on any atom is 0.319 e. The van der Waals surface area contributed by atoms with Crippen LogP contribution in [0.3, 0.4) is 0 Å². The number of rotatable bonds is 7. The normalized spacial score (nSPS) is 10.1. The summed E-state index contributed by atoms with van der Waals surface area (Å²) in [5.41, 5.74) is 1.49. The van der Waals surface area contributed by atoms with E-state index in [1.165, 1.54) is 17.0 Å². The monoisotopic (exact) mass is 359 g/mol. The summed E-state index contributed by atoms with van der Waals surface area (Å²) in [6.07, 6.45) is 0.601. The zero-order valence-corrected chi connectivity index (χ0v) is 14.8. The number of halogens is 1. The van der Waals surface area contributed by atoms with Crippen LogP contribution in [-0.2, 0) is 11.2 Å². The van der Waals surface area contributed by atoms with Crippen LogP contribution in [0, 0.1) is 5.82 Å². The molecular formula is C19H22FN3O3. The molecule has 138 valence electrons. The number of nitrogens with zero attached hydrogens (tertiary/aromatic N) is 1. The summed E-state index contributed by atoms with van der Waals surface area (Å²) in [5, 5.41) is 5.44. The SMILES string of the molecule is CN(C)C(=O)COc1cccc(NC(=O)NCCc2ccc(F)cc2)c1. The Labute approximate surface area is 152 Å². The fourth-order valence-corrected chi connectivity index (χ4v) is 2.08. The van der Waals surface area contributed by atoms with Crippen LogP contribution in [0.5, 0.6) is 5.75 Å². The predicted molar refractivity (Wildman–Crippen MR) is 97.8 cm³/mol. The van der Waals surface area contributed by atoms with Crippen molar-refractivity contribution in [2.24, 2.45) is 0 Å². The Hall–Kier alpha value is -3.09. The van der Waals surface area contributed by atoms with Crippen molar-refractivity contribution < 1.29 is 18.7 Å². The van der Waals surface area contributed by atoms with Crippen LogP contribution < -0.4 is 15.4 Å². The molecule has 2 aromatic carbocycles. The topological polar surface area (TPSA) is 70.7 Å². The molecule has 3 amide bonds. The number of carbonyl (C=O) groups excluding carboxylic acids is 2. The lowest BCUT2D eigenvalue weighted by Crippen LogP contribution is -2.30. The first kappa shape index (κ1) is 19.2. The Kier molecular flexibility index (Phi) is 6.96. The van der Waals surface area contributed by atoms with E-state index in [9.17, 15) is 14.0 Å². The summed E-state index contributed by atoms with van der Waals surface area (Å²) in [7, 11) is 3.31. The maximum atomic E-state index is 12.8. The fraction of sp³-hybridized carbons (Fsp3) is 0.263. The average molecular weight is 359 g/mol. The number of amides is 3. The van der Waals surface area contributed by atoms with Crippen molar-refractivity contribution >= 4 is 17.6 Å². The second-order valence-corrected chi connectivity index (χ2v) is 5.86. The highest BCUT2D eigenvalue weighted by Crippen LogP contribution is 2.17. The van der Waals surface area contributed by atoms with Gasteiger partial charge in [0.05, 0.1) is 0 Å². The van der Waals surface area contributed by atoms with Gasteiger partial charge in [-0.05, 0) is 36.2 Å². The molecule has 0 aliphatic carbocycles. The van der Waals surface area contributed by atoms with Gasteiger partial charge in [-0.25, -0.2) is 9.18 Å². The van der Waals surface area contributed by atoms with Gasteiger partial charge >= 0.3 is 6.03 Å². The molecular weight excluding hydrogens is 337 g/mol. The molecule has 0 bridgehead atoms. The van der Waals surface area contributed by atoms with E-state index in [1.807, 2.05) is 0 Å². The predicted octanol–water partition coefficient (Wildman–Crippen LogP) is 2.66. The van der Waals surface area contributed by atoms with Crippen LogP contribution in [0.25, 0.3) is 0 Å². The third-order valence-electron chi connectivity index (χ3n) is 3.57. The molecule has 0 unspecified atom stereocenters. The lowest BCUT2D eigenvalue weighted by molar-refractivity contribution is -0.130. The van der Waals surface area contributed by atoms with E-state index in [-0.39, 0.29) is 24.4 Å². The van der Waals surface area contributed by atoms with Gasteiger partial charge in [-0.2, -0.15) is 0 Å². The van der Waals surface area contributed by atoms with Crippen LogP contribution in [0.15, 0.2) is 48.5 Å². The molecule has 0 fully saturated rings. The summed E-state index contributed by atoms with van der Waals surface area (Å²) in [6.45, 7) is 0.352. The number of ether oxygens (including phenoxy) is 1. The minimum absolute atomic E-state index is 0.0691. The molecule has 2 N–H and O–H groups in total. The standard InChI is InChI=1S/C19H22FN3O3/c1-23(2)18(24)13-26-17-5-3-4-16(12-17)22-19(25)21-11-10-14-6-8-15(20)9-7-14/h3-9,12H,10-11,13H2,1-2H3,(H2,21,22,25). The Morgan fingerprint density at radius 1 is 1.12 bits per heavy atom. The second-order valence-electron chi connectivity index (χ2n) is 5.86. The Morgan fingerprint density at radius 2 is 1.85 bits per heavy atom. The van der Waals surface area contributed by atoms with E-state index in [4.69, 9.17) is 4.74 Å². The summed E-state index contributed by atoms with van der Waals surface area (Å²) in [6, 6.07) is 12.6. The van der Waals surface area contributed by atoms with Gasteiger partial charge in [0.2, 0.25) is 0 Å². The first-order valence-electron chi connectivity index (χ1n) is 8.16. The van der Waals surface area contributed by atoms with Crippen molar-refractivity contribution in [3.63, 3.8) is 0 Å². The number of anilines is 1. The lowest BCUT2D eigenvalue weighted by atomic mass is 10.1. The van der Waals surface area contributed by atoms with Gasteiger partial charge in [0.25, 0.3) is 5.91 Å². The number of hydrogen-bond donors (Lipinski definition) is 2. The Morgan fingerprint density at radius 3 is 2.54 bits per heavy atom. The van der Waals surface area contributed by atoms with Gasteiger partial charge in [-0.3, -0.25) is 4.79 Å². The molecule has 0 aliphatic rings. The van der Waals surface area contributed by atoms with Gasteiger partial charge < -0.3 is 20.3 Å². The average Bonchev–Trinajstić information content (AvgIpc) is 2.61. The lowest BCUT2D eigenvalue weighted by Gasteiger charge is -2.12. The molecule has 0 saturated heterocycles. The van der Waals surface area contributed by atoms with Crippen LogP contribution in [0.1, 0.15) is 5.56 Å². The minimum atomic E-state index is -0.353. The van der Waals surface area contributed by atoms with E-state index >= 15 is 0 Å². The molecule has 0 radical (unpaired) electrons. The van der Waals surface area contributed by atoms with Crippen molar-refractivity contribution in [2.75, 3.05) is 32.6 Å². The Balaban J connectivity index is 1.78. The first-order valence-corrected chi connectivity index (χ1v) is 8.16. The van der Waals surface area contributed by atoms with Crippen LogP contribution in [0.2, 0.25) is 0 Å². The van der Waals surface area contributed by atoms with E-state index in [2.05, 4.69) is 10.6 Å². The molecule has 2 rings (SSSR count). The molecule has 0 saturated carbocycles. The fourth-order valence-electron chi connectivity index (χ4n) is 2.08. The minimum Gasteiger partial charge on any atom is -0.484 e. The number of likely N-dealkylation sites (N-methyl/N-ethyl adjacent to an activating group) is 1. The number of carbonyl (C=O) groups is 2. The highest BCUT2D eigenvalue weighted by Gasteiger charge is 2.06. The quantitative estimate of drug-likeness (QED) is 0.798. The number of benzene rings is 2. The van der Waals surface area contributed by atoms with E-state index in [0.29, 0.717) is 24.4 Å². The summed E-state index contributed by atoms with van der Waals surface area (Å²) >= 11 is 0. The van der Waals surface area contributed by atoms with Gasteiger partial charge in [-0.15, -0.1) is 0 Å². The van der Waals surface area contributed by atoms with Crippen LogP contribution >= 0.6 is 0 Å². The van der Waals surface area contributed by atoms with E-state index in [1.54, 1.807) is 50.5 Å². The third-order valence-corrected chi connectivity index (χ3v) is 3.57. The van der Waals surface area contributed by atoms with Crippen LogP contribution in [0.4, 0.5) is 14.9 Å². The van der Waals surface area contributed by atoms with Gasteiger partial charge in [0.1, 0.15) is 11.6 Å². The van der Waals surface area contributed by atoms with Gasteiger partial charge in [0.15, 0.2) is 6.61 Å². The Bertz CT molecular complexity index is 748. The van der Waals surface area contributed by atoms with Gasteiger partial charge in [-0.1, -0.05) is 18.2 Å². The van der Waals surface area contributed by atoms with Gasteiger partial charge in [0, 0.05) is 32.4 Å². The zero-order valence-electron chi connectivity index (χ0n) is 14.8. The van der Waals surface area contributed by atoms with Crippen molar-refractivity contribution in [1.29, 1.82) is 0 Å². The summed E-state index contributed by atoms with van der Waals surface area (Å²) in [4.78, 5) is 24.9. The number of hydrogen-bond acceptors (Lipinski definition) is 3. The smallest absolute Gasteiger partial charge is 0.319 e. The summed E-state index contributed by atoms with van der Waals surface area (Å²) in [5.74, 6) is 0.0556. The molecule has 0 aromatic heterocycles.